The standard InChI is InChI=1S/C26H29F4NO5/c1-24(2)35-21-13-25(23(32)31-3,34-15-17-7-5-9-19(27)11-17)12-20(22(21)36-24)33-14-16-6-4-8-18(10-16)26(28,29)30/h4-11,20-22H,12-15H2,1-3H3,(H,31,32)/t20-,21+,22-,25+/m0/s1. The normalized spacial score (nSPS) is 27.5. The zero-order valence-electron chi connectivity index (χ0n) is 20.2. The number of hydrogen-bond acceptors (Lipinski definition) is 5. The lowest BCUT2D eigenvalue weighted by atomic mass is 9.78. The number of amides is 1. The van der Waals surface area contributed by atoms with E-state index in [2.05, 4.69) is 5.32 Å². The maximum atomic E-state index is 13.7. The van der Waals surface area contributed by atoms with Gasteiger partial charge in [-0.2, -0.15) is 13.2 Å². The van der Waals surface area contributed by atoms with Crippen LogP contribution in [0.1, 0.15) is 43.4 Å². The number of likely N-dealkylation sites (N-methyl/N-ethyl adjacent to an activating group) is 1. The molecule has 2 aliphatic rings. The Labute approximate surface area is 206 Å². The number of carbonyl (C=O) groups is 1. The molecule has 1 aliphatic heterocycles. The molecule has 0 spiro atoms. The first-order chi connectivity index (χ1) is 16.9. The van der Waals surface area contributed by atoms with E-state index in [4.69, 9.17) is 18.9 Å². The molecule has 10 heteroatoms. The lowest BCUT2D eigenvalue weighted by molar-refractivity contribution is -0.183. The van der Waals surface area contributed by atoms with E-state index in [0.717, 1.165) is 12.1 Å². The van der Waals surface area contributed by atoms with Crippen molar-refractivity contribution in [3.05, 3.63) is 71.0 Å². The van der Waals surface area contributed by atoms with Crippen LogP contribution in [0.25, 0.3) is 0 Å². The van der Waals surface area contributed by atoms with Crippen molar-refractivity contribution in [2.45, 2.75) is 75.8 Å². The quantitative estimate of drug-likeness (QED) is 0.544. The minimum atomic E-state index is -4.47. The number of halogens is 4. The fourth-order valence-electron chi connectivity index (χ4n) is 4.82. The van der Waals surface area contributed by atoms with Crippen LogP contribution >= 0.6 is 0 Å². The molecule has 1 amide bonds. The van der Waals surface area contributed by atoms with E-state index in [1.165, 1.54) is 31.3 Å². The van der Waals surface area contributed by atoms with Crippen molar-refractivity contribution in [2.24, 2.45) is 0 Å². The molecular formula is C26H29F4NO5. The number of benzene rings is 2. The summed E-state index contributed by atoms with van der Waals surface area (Å²) in [5.41, 5.74) is -1.28. The highest BCUT2D eigenvalue weighted by molar-refractivity contribution is 5.85. The van der Waals surface area contributed by atoms with Gasteiger partial charge in [0.1, 0.15) is 11.9 Å². The second-order valence-electron chi connectivity index (χ2n) is 9.59. The van der Waals surface area contributed by atoms with Gasteiger partial charge < -0.3 is 24.3 Å². The van der Waals surface area contributed by atoms with Crippen LogP contribution in [0.2, 0.25) is 0 Å². The zero-order chi connectivity index (χ0) is 26.1. The molecule has 2 aromatic rings. The van der Waals surface area contributed by atoms with E-state index >= 15 is 0 Å². The fourth-order valence-corrected chi connectivity index (χ4v) is 4.82. The molecule has 0 unspecified atom stereocenters. The highest BCUT2D eigenvalue weighted by Gasteiger charge is 2.57. The van der Waals surface area contributed by atoms with Gasteiger partial charge in [-0.1, -0.05) is 24.3 Å². The predicted octanol–water partition coefficient (Wildman–Crippen LogP) is 4.75. The van der Waals surface area contributed by atoms with Crippen molar-refractivity contribution >= 4 is 5.91 Å². The zero-order valence-corrected chi connectivity index (χ0v) is 20.2. The Morgan fingerprint density at radius 3 is 2.42 bits per heavy atom. The van der Waals surface area contributed by atoms with Gasteiger partial charge >= 0.3 is 6.18 Å². The van der Waals surface area contributed by atoms with Gasteiger partial charge in [-0.25, -0.2) is 4.39 Å². The number of hydrogen-bond donors (Lipinski definition) is 1. The lowest BCUT2D eigenvalue weighted by Gasteiger charge is -2.43. The second kappa shape index (κ2) is 10.1. The Morgan fingerprint density at radius 2 is 1.75 bits per heavy atom. The first kappa shape index (κ1) is 26.5. The molecule has 1 saturated heterocycles. The van der Waals surface area contributed by atoms with Crippen LogP contribution in [-0.4, -0.2) is 42.7 Å². The molecule has 2 aromatic carbocycles. The van der Waals surface area contributed by atoms with Crippen LogP contribution in [0.5, 0.6) is 0 Å². The van der Waals surface area contributed by atoms with E-state index in [1.807, 2.05) is 0 Å². The van der Waals surface area contributed by atoms with E-state index < -0.39 is 53.2 Å². The molecule has 196 valence electrons. The Bertz CT molecular complexity index is 1090. The highest BCUT2D eigenvalue weighted by Crippen LogP contribution is 2.44. The third kappa shape index (κ3) is 5.88. The molecule has 1 aliphatic carbocycles. The molecule has 1 N–H and O–H groups in total. The van der Waals surface area contributed by atoms with E-state index in [-0.39, 0.29) is 26.1 Å². The van der Waals surface area contributed by atoms with Gasteiger partial charge in [-0.3, -0.25) is 4.79 Å². The van der Waals surface area contributed by atoms with Crippen molar-refractivity contribution in [3.8, 4) is 0 Å². The van der Waals surface area contributed by atoms with Crippen LogP contribution in [0.15, 0.2) is 48.5 Å². The Morgan fingerprint density at radius 1 is 1.06 bits per heavy atom. The molecule has 1 heterocycles. The van der Waals surface area contributed by atoms with Crippen LogP contribution in [0.3, 0.4) is 0 Å². The van der Waals surface area contributed by atoms with Crippen LogP contribution in [0.4, 0.5) is 17.6 Å². The second-order valence-corrected chi connectivity index (χ2v) is 9.59. The summed E-state index contributed by atoms with van der Waals surface area (Å²) in [5, 5.41) is 2.63. The maximum absolute atomic E-state index is 13.7. The Hall–Kier alpha value is -2.53. The third-order valence-corrected chi connectivity index (χ3v) is 6.41. The number of rotatable bonds is 7. The largest absolute Gasteiger partial charge is 0.416 e. The van der Waals surface area contributed by atoms with Crippen molar-refractivity contribution in [1.29, 1.82) is 0 Å². The molecule has 0 aromatic heterocycles. The van der Waals surface area contributed by atoms with Gasteiger partial charge in [-0.15, -0.1) is 0 Å². The fraction of sp³-hybridized carbons (Fsp3) is 0.500. The molecule has 4 atom stereocenters. The van der Waals surface area contributed by atoms with Gasteiger partial charge in [0.25, 0.3) is 5.91 Å². The number of alkyl halides is 3. The first-order valence-electron chi connectivity index (χ1n) is 11.6. The molecule has 0 bridgehead atoms. The summed E-state index contributed by atoms with van der Waals surface area (Å²) < 4.78 is 77.4. The van der Waals surface area contributed by atoms with Gasteiger partial charge in [0.05, 0.1) is 31.0 Å². The minimum absolute atomic E-state index is 0.0346. The first-order valence-corrected chi connectivity index (χ1v) is 11.6. The monoisotopic (exact) mass is 511 g/mol. The minimum Gasteiger partial charge on any atom is -0.371 e. The SMILES string of the molecule is CNC(=O)[C@@]1(OCc2cccc(F)c2)C[C@H](OCc2cccc(C(F)(F)F)c2)[C@@H]2OC(C)(C)O[C@@H]2C1. The van der Waals surface area contributed by atoms with Gasteiger partial charge in [-0.05, 0) is 49.2 Å². The van der Waals surface area contributed by atoms with Crippen molar-refractivity contribution in [1.82, 2.24) is 5.32 Å². The molecule has 6 nitrogen and oxygen atoms in total. The summed E-state index contributed by atoms with van der Waals surface area (Å²) in [6, 6.07) is 10.8. The summed E-state index contributed by atoms with van der Waals surface area (Å²) in [6.45, 7) is 3.32. The summed E-state index contributed by atoms with van der Waals surface area (Å²) in [4.78, 5) is 13.1. The van der Waals surface area contributed by atoms with Crippen molar-refractivity contribution in [3.63, 3.8) is 0 Å². The average molecular weight is 512 g/mol. The molecular weight excluding hydrogens is 482 g/mol. The van der Waals surface area contributed by atoms with Crippen LogP contribution in [0, 0.1) is 5.82 Å². The smallest absolute Gasteiger partial charge is 0.371 e. The van der Waals surface area contributed by atoms with Gasteiger partial charge in [0, 0.05) is 19.9 Å². The van der Waals surface area contributed by atoms with Crippen molar-refractivity contribution < 1.29 is 41.3 Å². The Kier molecular flexibility index (Phi) is 7.43. The van der Waals surface area contributed by atoms with Crippen LogP contribution in [-0.2, 0) is 43.1 Å². The Balaban J connectivity index is 1.58. The summed E-state index contributed by atoms with van der Waals surface area (Å²) >= 11 is 0. The number of fused-ring (bicyclic) bond motifs is 1. The topological polar surface area (TPSA) is 66.0 Å². The molecule has 2 fully saturated rings. The lowest BCUT2D eigenvalue weighted by Crippen LogP contribution is -2.59. The number of carbonyl (C=O) groups excluding carboxylic acids is 1. The number of nitrogens with one attached hydrogen (secondary N) is 1. The number of ether oxygens (including phenoxy) is 4. The summed E-state index contributed by atoms with van der Waals surface area (Å²) in [6.07, 6.45) is -6.07. The summed E-state index contributed by atoms with van der Waals surface area (Å²) in [7, 11) is 1.48. The van der Waals surface area contributed by atoms with Crippen molar-refractivity contribution in [2.75, 3.05) is 7.05 Å². The molecule has 36 heavy (non-hydrogen) atoms. The highest BCUT2D eigenvalue weighted by atomic mass is 19.4. The van der Waals surface area contributed by atoms with Crippen LogP contribution < -0.4 is 5.32 Å². The van der Waals surface area contributed by atoms with E-state index in [0.29, 0.717) is 11.1 Å². The average Bonchev–Trinajstić information content (AvgIpc) is 3.14. The van der Waals surface area contributed by atoms with Gasteiger partial charge in [0.15, 0.2) is 11.4 Å². The maximum Gasteiger partial charge on any atom is 0.416 e. The van der Waals surface area contributed by atoms with Gasteiger partial charge in [0.2, 0.25) is 0 Å². The summed E-state index contributed by atoms with van der Waals surface area (Å²) in [5.74, 6) is -1.78. The molecule has 1 saturated carbocycles. The third-order valence-electron chi connectivity index (χ3n) is 6.41. The molecule has 4 rings (SSSR count). The van der Waals surface area contributed by atoms with E-state index in [1.54, 1.807) is 26.0 Å². The van der Waals surface area contributed by atoms with E-state index in [9.17, 15) is 22.4 Å². The molecule has 0 radical (unpaired) electrons. The predicted molar refractivity (Wildman–Crippen MR) is 121 cm³/mol.